The highest BCUT2D eigenvalue weighted by Gasteiger charge is 2.40. The topological polar surface area (TPSA) is 104 Å². The number of nitrogens with one attached hydrogen (secondary N) is 2. The van der Waals surface area contributed by atoms with Crippen molar-refractivity contribution in [1.29, 1.82) is 0 Å². The highest BCUT2D eigenvalue weighted by atomic mass is 32.2. The fourth-order valence-electron chi connectivity index (χ4n) is 2.90. The van der Waals surface area contributed by atoms with E-state index in [0.717, 1.165) is 5.56 Å². The maximum absolute atomic E-state index is 12.8. The summed E-state index contributed by atoms with van der Waals surface area (Å²) < 4.78 is 11.5. The standard InChI is InChI=1S/C21H20N2O5S/c24-17-13-29(21(26)23-17)20(15-9-5-2-6-10-15)28-18(16-11-22-16)19(25)27-12-14-7-3-1-4-8-14/h1-10,16,18,22H,11-13H2,(H,23,24,26). The molecule has 2 aliphatic rings. The van der Waals surface area contributed by atoms with Gasteiger partial charge in [0.1, 0.15) is 11.7 Å². The summed E-state index contributed by atoms with van der Waals surface area (Å²) in [5.41, 5.74) is 1.54. The summed E-state index contributed by atoms with van der Waals surface area (Å²) in [6.07, 6.45) is -0.898. The SMILES string of the molecule is O=C1CS(=C(OC(C(=O)OCc2ccccc2)C2CN2)c2ccccc2)C(=O)N1. The molecule has 2 heterocycles. The van der Waals surface area contributed by atoms with Crippen LogP contribution in [0.4, 0.5) is 4.79 Å². The van der Waals surface area contributed by atoms with Crippen molar-refractivity contribution in [3.8, 4) is 0 Å². The number of carbonyl (C=O) groups excluding carboxylic acids is 3. The van der Waals surface area contributed by atoms with Crippen molar-refractivity contribution in [3.05, 3.63) is 71.8 Å². The Hall–Kier alpha value is -2.81. The third-order valence-corrected chi connectivity index (χ3v) is 6.35. The van der Waals surface area contributed by atoms with Crippen molar-refractivity contribution in [2.75, 3.05) is 12.3 Å². The second-order valence-electron chi connectivity index (χ2n) is 6.67. The van der Waals surface area contributed by atoms with E-state index in [-0.39, 0.29) is 24.3 Å². The summed E-state index contributed by atoms with van der Waals surface area (Å²) in [4.78, 5) is 36.8. The molecule has 2 aromatic rings. The van der Waals surface area contributed by atoms with Crippen LogP contribution >= 0.6 is 10.5 Å². The lowest BCUT2D eigenvalue weighted by molar-refractivity contribution is -0.153. The quantitative estimate of drug-likeness (QED) is 0.426. The number of hydrogen-bond donors (Lipinski definition) is 2. The third kappa shape index (κ3) is 4.79. The van der Waals surface area contributed by atoms with Crippen LogP contribution < -0.4 is 10.6 Å². The van der Waals surface area contributed by atoms with Crippen molar-refractivity contribution >= 4 is 32.7 Å². The van der Waals surface area contributed by atoms with Gasteiger partial charge in [0.25, 0.3) is 5.24 Å². The van der Waals surface area contributed by atoms with E-state index >= 15 is 0 Å². The number of ether oxygens (including phenoxy) is 2. The first-order valence-corrected chi connectivity index (χ1v) is 10.6. The molecule has 2 amide bonds. The summed E-state index contributed by atoms with van der Waals surface area (Å²) >= 11 is 0. The van der Waals surface area contributed by atoms with Gasteiger partial charge in [0, 0.05) is 12.1 Å². The minimum absolute atomic E-state index is 0.0208. The Morgan fingerprint density at radius 3 is 2.31 bits per heavy atom. The average molecular weight is 412 g/mol. The van der Waals surface area contributed by atoms with Crippen LogP contribution in [-0.2, 0) is 25.7 Å². The molecule has 29 heavy (non-hydrogen) atoms. The van der Waals surface area contributed by atoms with Crippen LogP contribution in [0.1, 0.15) is 11.1 Å². The van der Waals surface area contributed by atoms with Gasteiger partial charge in [-0.25, -0.2) is 4.79 Å². The number of rotatable bonds is 6. The van der Waals surface area contributed by atoms with Crippen molar-refractivity contribution < 1.29 is 23.9 Å². The molecule has 2 aliphatic heterocycles. The normalized spacial score (nSPS) is 22.0. The highest BCUT2D eigenvalue weighted by molar-refractivity contribution is 8.29. The van der Waals surface area contributed by atoms with Crippen molar-refractivity contribution in [3.63, 3.8) is 0 Å². The molecular formula is C21H20N2O5S. The van der Waals surface area contributed by atoms with Gasteiger partial charge in [0.15, 0.2) is 6.10 Å². The molecule has 3 atom stereocenters. The maximum Gasteiger partial charge on any atom is 0.337 e. The van der Waals surface area contributed by atoms with Gasteiger partial charge in [-0.15, -0.1) is 0 Å². The lowest BCUT2D eigenvalue weighted by Gasteiger charge is -2.19. The number of amides is 2. The number of benzene rings is 2. The molecule has 0 aliphatic carbocycles. The van der Waals surface area contributed by atoms with E-state index in [9.17, 15) is 14.4 Å². The fraction of sp³-hybridized carbons (Fsp3) is 0.238. The van der Waals surface area contributed by atoms with Crippen LogP contribution in [0.15, 0.2) is 60.7 Å². The first-order valence-electron chi connectivity index (χ1n) is 9.19. The van der Waals surface area contributed by atoms with Crippen molar-refractivity contribution in [2.45, 2.75) is 18.8 Å². The number of carbonyl (C=O) groups is 3. The molecule has 2 fully saturated rings. The Labute approximate surface area is 170 Å². The van der Waals surface area contributed by atoms with Gasteiger partial charge in [-0.1, -0.05) is 71.1 Å². The number of esters is 1. The van der Waals surface area contributed by atoms with Crippen LogP contribution in [0, 0.1) is 0 Å². The monoisotopic (exact) mass is 412 g/mol. The molecule has 2 aromatic carbocycles. The molecular weight excluding hydrogens is 392 g/mol. The van der Waals surface area contributed by atoms with E-state index in [0.29, 0.717) is 17.2 Å². The van der Waals surface area contributed by atoms with Gasteiger partial charge in [-0.2, -0.15) is 0 Å². The zero-order valence-electron chi connectivity index (χ0n) is 15.5. The molecule has 0 saturated carbocycles. The summed E-state index contributed by atoms with van der Waals surface area (Å²) in [7, 11) is -1.10. The van der Waals surface area contributed by atoms with Crippen molar-refractivity contribution in [2.24, 2.45) is 0 Å². The van der Waals surface area contributed by atoms with Crippen LogP contribution in [-0.4, -0.2) is 46.6 Å². The molecule has 2 N–H and O–H groups in total. The van der Waals surface area contributed by atoms with Gasteiger partial charge < -0.3 is 14.8 Å². The van der Waals surface area contributed by atoms with Gasteiger partial charge in [0.2, 0.25) is 5.91 Å². The van der Waals surface area contributed by atoms with E-state index in [2.05, 4.69) is 10.6 Å². The van der Waals surface area contributed by atoms with E-state index < -0.39 is 27.8 Å². The van der Waals surface area contributed by atoms with Crippen molar-refractivity contribution in [1.82, 2.24) is 10.6 Å². The molecule has 3 unspecified atom stereocenters. The summed E-state index contributed by atoms with van der Waals surface area (Å²) in [6.45, 7) is 0.754. The lowest BCUT2D eigenvalue weighted by atomic mass is 10.2. The van der Waals surface area contributed by atoms with Gasteiger partial charge in [-0.3, -0.25) is 14.9 Å². The summed E-state index contributed by atoms with van der Waals surface area (Å²) in [6, 6.07) is 18.3. The molecule has 0 radical (unpaired) electrons. The first kappa shape index (κ1) is 19.5. The summed E-state index contributed by atoms with van der Waals surface area (Å²) in [5, 5.41) is 5.33. The van der Waals surface area contributed by atoms with Gasteiger partial charge in [-0.05, 0) is 5.56 Å². The van der Waals surface area contributed by atoms with Gasteiger partial charge >= 0.3 is 5.97 Å². The molecule has 4 rings (SSSR count). The zero-order chi connectivity index (χ0) is 20.2. The van der Waals surface area contributed by atoms with Crippen LogP contribution in [0.2, 0.25) is 0 Å². The molecule has 0 bridgehead atoms. The van der Waals surface area contributed by atoms with Gasteiger partial charge in [0.05, 0.1) is 11.8 Å². The minimum atomic E-state index is -1.10. The van der Waals surface area contributed by atoms with E-state index in [1.165, 1.54) is 0 Å². The number of hydrogen-bond acceptors (Lipinski definition) is 6. The Kier molecular flexibility index (Phi) is 5.84. The molecule has 150 valence electrons. The minimum Gasteiger partial charge on any atom is -0.459 e. The number of imide groups is 1. The Bertz CT molecular complexity index is 958. The second kappa shape index (κ2) is 8.69. The predicted octanol–water partition coefficient (Wildman–Crippen LogP) is 1.78. The van der Waals surface area contributed by atoms with Crippen LogP contribution in [0.25, 0.3) is 0 Å². The molecule has 7 nitrogen and oxygen atoms in total. The third-order valence-electron chi connectivity index (χ3n) is 4.47. The van der Waals surface area contributed by atoms with E-state index in [1.54, 1.807) is 12.1 Å². The lowest BCUT2D eigenvalue weighted by Crippen LogP contribution is -2.35. The Balaban J connectivity index is 1.57. The second-order valence-corrected chi connectivity index (χ2v) is 8.48. The van der Waals surface area contributed by atoms with Crippen LogP contribution in [0.5, 0.6) is 0 Å². The molecule has 8 heteroatoms. The highest BCUT2D eigenvalue weighted by Crippen LogP contribution is 2.27. The molecule has 2 saturated heterocycles. The molecule has 0 spiro atoms. The maximum atomic E-state index is 12.8. The predicted molar refractivity (Wildman–Crippen MR) is 109 cm³/mol. The Morgan fingerprint density at radius 2 is 1.72 bits per heavy atom. The Morgan fingerprint density at radius 1 is 1.07 bits per heavy atom. The summed E-state index contributed by atoms with van der Waals surface area (Å²) in [5.74, 6) is -0.831. The average Bonchev–Trinajstić information content (AvgIpc) is 3.52. The van der Waals surface area contributed by atoms with Crippen LogP contribution in [0.3, 0.4) is 0 Å². The van der Waals surface area contributed by atoms with E-state index in [4.69, 9.17) is 9.47 Å². The first-order chi connectivity index (χ1) is 14.1. The largest absolute Gasteiger partial charge is 0.459 e. The smallest absolute Gasteiger partial charge is 0.337 e. The zero-order valence-corrected chi connectivity index (χ0v) is 16.3. The molecule has 0 aromatic heterocycles. The van der Waals surface area contributed by atoms with E-state index in [1.807, 2.05) is 48.5 Å². The fourth-order valence-corrected chi connectivity index (χ4v) is 4.55.